The third-order valence-electron chi connectivity index (χ3n) is 3.71. The Balaban J connectivity index is 1.70. The first-order chi connectivity index (χ1) is 10.6. The zero-order chi connectivity index (χ0) is 15.5. The van der Waals surface area contributed by atoms with Gasteiger partial charge in [0.2, 0.25) is 0 Å². The SMILES string of the molecule is Cc1cc(C(=O)NCC2CCCO2)nn1-c1ccc(Cl)cc1. The van der Waals surface area contributed by atoms with Crippen molar-refractivity contribution in [3.63, 3.8) is 0 Å². The van der Waals surface area contributed by atoms with E-state index in [1.54, 1.807) is 22.9 Å². The molecule has 1 N–H and O–H groups in total. The van der Waals surface area contributed by atoms with E-state index in [-0.39, 0.29) is 12.0 Å². The molecule has 5 nitrogen and oxygen atoms in total. The third-order valence-corrected chi connectivity index (χ3v) is 3.96. The first-order valence-electron chi connectivity index (χ1n) is 7.36. The maximum Gasteiger partial charge on any atom is 0.271 e. The Kier molecular flexibility index (Phi) is 4.45. The number of hydrogen-bond acceptors (Lipinski definition) is 3. The van der Waals surface area contributed by atoms with Gasteiger partial charge in [0.15, 0.2) is 5.69 Å². The van der Waals surface area contributed by atoms with Gasteiger partial charge in [0.25, 0.3) is 5.91 Å². The Bertz CT molecular complexity index is 661. The lowest BCUT2D eigenvalue weighted by molar-refractivity contribution is 0.0853. The molecule has 1 aliphatic rings. The standard InChI is InChI=1S/C16H18ClN3O2/c1-11-9-15(16(21)18-10-14-3-2-8-22-14)19-20(11)13-6-4-12(17)5-7-13/h4-7,9,14H,2-3,8,10H2,1H3,(H,18,21). The highest BCUT2D eigenvalue weighted by Crippen LogP contribution is 2.16. The molecule has 0 saturated carbocycles. The molecule has 6 heteroatoms. The average molecular weight is 320 g/mol. The van der Waals surface area contributed by atoms with Gasteiger partial charge in [-0.15, -0.1) is 0 Å². The van der Waals surface area contributed by atoms with Crippen molar-refractivity contribution >= 4 is 17.5 Å². The number of carbonyl (C=O) groups is 1. The van der Waals surface area contributed by atoms with Crippen LogP contribution in [-0.4, -0.2) is 34.9 Å². The van der Waals surface area contributed by atoms with Gasteiger partial charge in [-0.05, 0) is 50.1 Å². The van der Waals surface area contributed by atoms with Gasteiger partial charge in [0, 0.05) is 23.9 Å². The van der Waals surface area contributed by atoms with Gasteiger partial charge in [-0.1, -0.05) is 11.6 Å². The van der Waals surface area contributed by atoms with Gasteiger partial charge in [-0.2, -0.15) is 5.10 Å². The molecule has 1 atom stereocenters. The first kappa shape index (κ1) is 15.1. The van der Waals surface area contributed by atoms with Crippen LogP contribution in [0.5, 0.6) is 0 Å². The second kappa shape index (κ2) is 6.50. The van der Waals surface area contributed by atoms with Crippen molar-refractivity contribution in [2.75, 3.05) is 13.2 Å². The van der Waals surface area contributed by atoms with Crippen molar-refractivity contribution in [3.05, 3.63) is 46.7 Å². The van der Waals surface area contributed by atoms with Crippen LogP contribution in [0.4, 0.5) is 0 Å². The van der Waals surface area contributed by atoms with Gasteiger partial charge in [0.05, 0.1) is 11.8 Å². The zero-order valence-electron chi connectivity index (χ0n) is 12.4. The van der Waals surface area contributed by atoms with E-state index in [1.165, 1.54) is 0 Å². The second-order valence-electron chi connectivity index (χ2n) is 5.40. The van der Waals surface area contributed by atoms with Gasteiger partial charge < -0.3 is 10.1 Å². The summed E-state index contributed by atoms with van der Waals surface area (Å²) < 4.78 is 7.23. The van der Waals surface area contributed by atoms with Crippen LogP contribution in [0, 0.1) is 6.92 Å². The first-order valence-corrected chi connectivity index (χ1v) is 7.74. The molecular weight excluding hydrogens is 302 g/mol. The van der Waals surface area contributed by atoms with Crippen LogP contribution >= 0.6 is 11.6 Å². The van der Waals surface area contributed by atoms with Crippen LogP contribution in [0.1, 0.15) is 29.0 Å². The smallest absolute Gasteiger partial charge is 0.271 e. The van der Waals surface area contributed by atoms with Crippen LogP contribution in [0.2, 0.25) is 5.02 Å². The summed E-state index contributed by atoms with van der Waals surface area (Å²) in [4.78, 5) is 12.2. The van der Waals surface area contributed by atoms with Crippen molar-refractivity contribution in [3.8, 4) is 5.69 Å². The second-order valence-corrected chi connectivity index (χ2v) is 5.84. The number of nitrogens with zero attached hydrogens (tertiary/aromatic N) is 2. The Morgan fingerprint density at radius 3 is 2.91 bits per heavy atom. The third kappa shape index (κ3) is 3.31. The van der Waals surface area contributed by atoms with Crippen molar-refractivity contribution in [2.24, 2.45) is 0 Å². The van der Waals surface area contributed by atoms with Crippen LogP contribution < -0.4 is 5.32 Å². The lowest BCUT2D eigenvalue weighted by atomic mass is 10.2. The number of hydrogen-bond donors (Lipinski definition) is 1. The Labute approximate surface area is 134 Å². The molecule has 1 aromatic carbocycles. The summed E-state index contributed by atoms with van der Waals surface area (Å²) in [5.41, 5.74) is 2.18. The summed E-state index contributed by atoms with van der Waals surface area (Å²) in [7, 11) is 0. The number of aromatic nitrogens is 2. The monoisotopic (exact) mass is 319 g/mol. The van der Waals surface area contributed by atoms with Crippen molar-refractivity contribution < 1.29 is 9.53 Å². The van der Waals surface area contributed by atoms with Gasteiger partial charge >= 0.3 is 0 Å². The van der Waals surface area contributed by atoms with Crippen LogP contribution in [-0.2, 0) is 4.74 Å². The number of amides is 1. The molecule has 0 bridgehead atoms. The number of nitrogens with one attached hydrogen (secondary N) is 1. The number of halogens is 1. The predicted molar refractivity (Wildman–Crippen MR) is 84.6 cm³/mol. The van der Waals surface area contributed by atoms with E-state index in [0.717, 1.165) is 30.8 Å². The Morgan fingerprint density at radius 1 is 1.45 bits per heavy atom. The molecule has 0 aliphatic carbocycles. The van der Waals surface area contributed by atoms with Crippen molar-refractivity contribution in [1.82, 2.24) is 15.1 Å². The minimum Gasteiger partial charge on any atom is -0.376 e. The summed E-state index contributed by atoms with van der Waals surface area (Å²) in [6.45, 7) is 3.23. The highest BCUT2D eigenvalue weighted by molar-refractivity contribution is 6.30. The summed E-state index contributed by atoms with van der Waals surface area (Å²) in [5.74, 6) is -0.175. The topological polar surface area (TPSA) is 56.1 Å². The fourth-order valence-corrected chi connectivity index (χ4v) is 2.66. The summed E-state index contributed by atoms with van der Waals surface area (Å²) in [5, 5.41) is 7.93. The van der Waals surface area contributed by atoms with Crippen molar-refractivity contribution in [1.29, 1.82) is 0 Å². The van der Waals surface area contributed by atoms with Crippen LogP contribution in [0.25, 0.3) is 5.69 Å². The molecule has 1 amide bonds. The molecule has 0 spiro atoms. The normalized spacial score (nSPS) is 17.6. The lowest BCUT2D eigenvalue weighted by Crippen LogP contribution is -2.32. The number of ether oxygens (including phenoxy) is 1. The fraction of sp³-hybridized carbons (Fsp3) is 0.375. The molecule has 2 aromatic rings. The molecule has 1 aromatic heterocycles. The predicted octanol–water partition coefficient (Wildman–Crippen LogP) is 2.74. The molecule has 1 unspecified atom stereocenters. The number of carbonyl (C=O) groups excluding carboxylic acids is 1. The number of aryl methyl sites for hydroxylation is 1. The van der Waals surface area contributed by atoms with Crippen molar-refractivity contribution in [2.45, 2.75) is 25.9 Å². The van der Waals surface area contributed by atoms with Gasteiger partial charge in [-0.25, -0.2) is 4.68 Å². The van der Waals surface area contributed by atoms with E-state index >= 15 is 0 Å². The van der Waals surface area contributed by atoms with Gasteiger partial charge in [-0.3, -0.25) is 4.79 Å². The average Bonchev–Trinajstić information content (AvgIpc) is 3.15. The quantitative estimate of drug-likeness (QED) is 0.942. The van der Waals surface area contributed by atoms with E-state index in [2.05, 4.69) is 10.4 Å². The van der Waals surface area contributed by atoms with Crippen LogP contribution in [0.15, 0.2) is 30.3 Å². The Morgan fingerprint density at radius 2 is 2.23 bits per heavy atom. The minimum absolute atomic E-state index is 0.128. The van der Waals surface area contributed by atoms with E-state index < -0.39 is 0 Å². The molecule has 1 aliphatic heterocycles. The fourth-order valence-electron chi connectivity index (χ4n) is 2.53. The number of rotatable bonds is 4. The summed E-state index contributed by atoms with van der Waals surface area (Å²) in [6, 6.07) is 9.12. The zero-order valence-corrected chi connectivity index (χ0v) is 13.1. The highest BCUT2D eigenvalue weighted by atomic mass is 35.5. The van der Waals surface area contributed by atoms with E-state index in [9.17, 15) is 4.79 Å². The Hall–Kier alpha value is -1.85. The molecular formula is C16H18ClN3O2. The summed E-state index contributed by atoms with van der Waals surface area (Å²) >= 11 is 5.89. The van der Waals surface area contributed by atoms with E-state index in [0.29, 0.717) is 17.3 Å². The number of benzene rings is 1. The minimum atomic E-state index is -0.175. The molecule has 22 heavy (non-hydrogen) atoms. The maximum atomic E-state index is 12.2. The molecule has 0 radical (unpaired) electrons. The largest absolute Gasteiger partial charge is 0.376 e. The molecule has 116 valence electrons. The molecule has 2 heterocycles. The lowest BCUT2D eigenvalue weighted by Gasteiger charge is -2.09. The van der Waals surface area contributed by atoms with Crippen LogP contribution in [0.3, 0.4) is 0 Å². The molecule has 1 fully saturated rings. The van der Waals surface area contributed by atoms with E-state index in [4.69, 9.17) is 16.3 Å². The summed E-state index contributed by atoms with van der Waals surface area (Å²) in [6.07, 6.45) is 2.19. The maximum absolute atomic E-state index is 12.2. The molecule has 1 saturated heterocycles. The molecule has 3 rings (SSSR count). The van der Waals surface area contributed by atoms with Gasteiger partial charge in [0.1, 0.15) is 0 Å². The van der Waals surface area contributed by atoms with E-state index in [1.807, 2.05) is 19.1 Å². The highest BCUT2D eigenvalue weighted by Gasteiger charge is 2.18.